The molecule has 5 rings (SSSR count). The van der Waals surface area contributed by atoms with Gasteiger partial charge in [-0.15, -0.1) is 0 Å². The largest absolute Gasteiger partial charge is 0.394 e. The first-order valence-corrected chi connectivity index (χ1v) is 11.3. The maximum absolute atomic E-state index is 10.4. The van der Waals surface area contributed by atoms with Gasteiger partial charge >= 0.3 is 0 Å². The molecule has 1 aliphatic carbocycles. The molecular weight excluding hydrogens is 426 g/mol. The molecule has 1 saturated heterocycles. The fourth-order valence-corrected chi connectivity index (χ4v) is 4.69. The van der Waals surface area contributed by atoms with Crippen LogP contribution in [0.3, 0.4) is 0 Å². The average molecular weight is 456 g/mol. The molecule has 1 aliphatic heterocycles. The Morgan fingerprint density at radius 1 is 1.15 bits per heavy atom. The van der Waals surface area contributed by atoms with Crippen molar-refractivity contribution in [2.75, 3.05) is 11.9 Å². The lowest BCUT2D eigenvalue weighted by Gasteiger charge is -2.22. The summed E-state index contributed by atoms with van der Waals surface area (Å²) in [5.74, 6) is 0.585. The molecule has 0 radical (unpaired) electrons. The lowest BCUT2D eigenvalue weighted by atomic mass is 10.1. The average Bonchev–Trinajstić information content (AvgIpc) is 3.52. The van der Waals surface area contributed by atoms with Crippen LogP contribution >= 0.6 is 0 Å². The standard InChI is InChI=1S/C23H29N5O5/c1-13-5-2-3-6-14(13)10-32-16-8-4-7-15(16)27-21-18-22(25-11-24-21)28(12-26-18)23-20(31)19(30)17(9-29)33-23/h2-3,5-6,11-12,15-17,19-20,23,29-31H,4,7-10H2,1H3,(H,24,25,27)/t15-,16?,17?,19+,20+,23?/m0/s1. The third kappa shape index (κ3) is 4.20. The molecule has 2 aliphatic rings. The summed E-state index contributed by atoms with van der Waals surface area (Å²) in [7, 11) is 0. The quantitative estimate of drug-likeness (QED) is 0.416. The van der Waals surface area contributed by atoms with E-state index in [2.05, 4.69) is 39.3 Å². The summed E-state index contributed by atoms with van der Waals surface area (Å²) in [5, 5.41) is 33.3. The molecular formula is C23H29N5O5. The smallest absolute Gasteiger partial charge is 0.167 e. The van der Waals surface area contributed by atoms with Gasteiger partial charge in [0.2, 0.25) is 0 Å². The number of ether oxygens (including phenoxy) is 2. The highest BCUT2D eigenvalue weighted by Gasteiger charge is 2.44. The predicted molar refractivity (Wildman–Crippen MR) is 119 cm³/mol. The van der Waals surface area contributed by atoms with E-state index in [-0.39, 0.29) is 12.1 Å². The number of nitrogens with zero attached hydrogens (tertiary/aromatic N) is 4. The van der Waals surface area contributed by atoms with Gasteiger partial charge < -0.3 is 30.1 Å². The summed E-state index contributed by atoms with van der Waals surface area (Å²) >= 11 is 0. The molecule has 3 unspecified atom stereocenters. The zero-order chi connectivity index (χ0) is 22.9. The van der Waals surface area contributed by atoms with Crippen molar-refractivity contribution in [3.05, 3.63) is 48.0 Å². The summed E-state index contributed by atoms with van der Waals surface area (Å²) in [6, 6.07) is 8.32. The molecule has 4 N–H and O–H groups in total. The van der Waals surface area contributed by atoms with Gasteiger partial charge in [-0.1, -0.05) is 24.3 Å². The minimum Gasteiger partial charge on any atom is -0.394 e. The molecule has 2 fully saturated rings. The van der Waals surface area contributed by atoms with Crippen molar-refractivity contribution >= 4 is 17.0 Å². The van der Waals surface area contributed by atoms with E-state index in [1.54, 1.807) is 4.57 Å². The first-order chi connectivity index (χ1) is 16.1. The van der Waals surface area contributed by atoms with Gasteiger partial charge in [0.25, 0.3) is 0 Å². The molecule has 0 bridgehead atoms. The van der Waals surface area contributed by atoms with Crippen molar-refractivity contribution in [1.82, 2.24) is 19.5 Å². The molecule has 33 heavy (non-hydrogen) atoms. The molecule has 0 amide bonds. The fraction of sp³-hybridized carbons (Fsp3) is 0.522. The Labute approximate surface area is 191 Å². The Hall–Kier alpha value is -2.63. The van der Waals surface area contributed by atoms with E-state index in [1.165, 1.54) is 23.8 Å². The van der Waals surface area contributed by atoms with E-state index >= 15 is 0 Å². The van der Waals surface area contributed by atoms with Crippen LogP contribution in [0.25, 0.3) is 11.2 Å². The second-order valence-corrected chi connectivity index (χ2v) is 8.73. The maximum Gasteiger partial charge on any atom is 0.167 e. The SMILES string of the molecule is Cc1ccccc1COC1CCC[C@@H]1Nc1ncnc2c1ncn2C1OC(CO)[C@@H](O)[C@H]1O. The van der Waals surface area contributed by atoms with Crippen LogP contribution in [0.1, 0.15) is 36.6 Å². The van der Waals surface area contributed by atoms with E-state index in [1.807, 2.05) is 12.1 Å². The Bertz CT molecular complexity index is 1110. The molecule has 10 nitrogen and oxygen atoms in total. The van der Waals surface area contributed by atoms with Crippen LogP contribution in [0.2, 0.25) is 0 Å². The second kappa shape index (κ2) is 9.32. The minimum absolute atomic E-state index is 0.0529. The third-order valence-electron chi connectivity index (χ3n) is 6.64. The number of benzene rings is 1. The molecule has 176 valence electrons. The van der Waals surface area contributed by atoms with Crippen molar-refractivity contribution < 1.29 is 24.8 Å². The summed E-state index contributed by atoms with van der Waals surface area (Å²) in [5.41, 5.74) is 3.41. The van der Waals surface area contributed by atoms with Gasteiger partial charge in [-0.05, 0) is 37.3 Å². The Kier molecular flexibility index (Phi) is 6.26. The van der Waals surface area contributed by atoms with E-state index in [4.69, 9.17) is 9.47 Å². The number of imidazole rings is 1. The van der Waals surface area contributed by atoms with Crippen molar-refractivity contribution in [3.8, 4) is 0 Å². The van der Waals surface area contributed by atoms with Crippen LogP contribution in [0.4, 0.5) is 5.82 Å². The first kappa shape index (κ1) is 22.2. The van der Waals surface area contributed by atoms with Crippen molar-refractivity contribution in [1.29, 1.82) is 0 Å². The van der Waals surface area contributed by atoms with Gasteiger partial charge in [0.05, 0.1) is 31.7 Å². The number of aliphatic hydroxyl groups excluding tert-OH is 3. The van der Waals surface area contributed by atoms with Gasteiger partial charge in [-0.3, -0.25) is 4.57 Å². The summed E-state index contributed by atoms with van der Waals surface area (Å²) in [6.07, 6.45) is 1.80. The highest BCUT2D eigenvalue weighted by Crippen LogP contribution is 2.33. The Morgan fingerprint density at radius 2 is 2.00 bits per heavy atom. The predicted octanol–water partition coefficient (Wildman–Crippen LogP) is 1.30. The highest BCUT2D eigenvalue weighted by molar-refractivity contribution is 5.82. The molecule has 3 aromatic rings. The van der Waals surface area contributed by atoms with E-state index in [0.29, 0.717) is 23.6 Å². The summed E-state index contributed by atoms with van der Waals surface area (Å²) in [6.45, 7) is 2.26. The number of fused-ring (bicyclic) bond motifs is 1. The van der Waals surface area contributed by atoms with Crippen LogP contribution in [0.15, 0.2) is 36.9 Å². The van der Waals surface area contributed by atoms with Crippen LogP contribution in [0.5, 0.6) is 0 Å². The summed E-state index contributed by atoms with van der Waals surface area (Å²) < 4.78 is 13.5. The third-order valence-corrected chi connectivity index (χ3v) is 6.64. The van der Waals surface area contributed by atoms with Gasteiger partial charge in [0, 0.05) is 0 Å². The zero-order valence-electron chi connectivity index (χ0n) is 18.4. The van der Waals surface area contributed by atoms with Crippen LogP contribution in [-0.4, -0.2) is 71.9 Å². The zero-order valence-corrected chi connectivity index (χ0v) is 18.4. The van der Waals surface area contributed by atoms with E-state index in [9.17, 15) is 15.3 Å². The van der Waals surface area contributed by atoms with Crippen molar-refractivity contribution in [2.45, 2.75) is 69.5 Å². The fourth-order valence-electron chi connectivity index (χ4n) is 4.69. The van der Waals surface area contributed by atoms with Crippen molar-refractivity contribution in [3.63, 3.8) is 0 Å². The minimum atomic E-state index is -1.21. The topological polar surface area (TPSA) is 135 Å². The monoisotopic (exact) mass is 455 g/mol. The van der Waals surface area contributed by atoms with E-state index in [0.717, 1.165) is 19.3 Å². The molecule has 3 heterocycles. The summed E-state index contributed by atoms with van der Waals surface area (Å²) in [4.78, 5) is 13.2. The second-order valence-electron chi connectivity index (χ2n) is 8.73. The Morgan fingerprint density at radius 3 is 2.79 bits per heavy atom. The van der Waals surface area contributed by atoms with Crippen LogP contribution in [-0.2, 0) is 16.1 Å². The molecule has 2 aromatic heterocycles. The molecule has 1 aromatic carbocycles. The molecule has 1 saturated carbocycles. The van der Waals surface area contributed by atoms with Gasteiger partial charge in [-0.2, -0.15) is 0 Å². The van der Waals surface area contributed by atoms with Gasteiger partial charge in [-0.25, -0.2) is 15.0 Å². The molecule has 0 spiro atoms. The number of hydrogen-bond donors (Lipinski definition) is 4. The number of rotatable bonds is 7. The van der Waals surface area contributed by atoms with Crippen LogP contribution in [0, 0.1) is 6.92 Å². The number of aryl methyl sites for hydroxylation is 1. The normalized spacial score (nSPS) is 29.7. The molecule has 6 atom stereocenters. The maximum atomic E-state index is 10.4. The Balaban J connectivity index is 1.33. The van der Waals surface area contributed by atoms with Crippen molar-refractivity contribution in [2.24, 2.45) is 0 Å². The van der Waals surface area contributed by atoms with Gasteiger partial charge in [0.1, 0.15) is 24.6 Å². The number of hydrogen-bond acceptors (Lipinski definition) is 9. The van der Waals surface area contributed by atoms with Crippen LogP contribution < -0.4 is 5.32 Å². The van der Waals surface area contributed by atoms with E-state index < -0.39 is 31.1 Å². The molecule has 10 heteroatoms. The lowest BCUT2D eigenvalue weighted by Crippen LogP contribution is -2.33. The number of aliphatic hydroxyl groups is 3. The number of anilines is 1. The van der Waals surface area contributed by atoms with Gasteiger partial charge in [0.15, 0.2) is 23.2 Å². The number of aromatic nitrogens is 4. The lowest BCUT2D eigenvalue weighted by molar-refractivity contribution is -0.0511. The number of nitrogens with one attached hydrogen (secondary N) is 1. The first-order valence-electron chi connectivity index (χ1n) is 11.3. The highest BCUT2D eigenvalue weighted by atomic mass is 16.6.